The van der Waals surface area contributed by atoms with Gasteiger partial charge in [-0.2, -0.15) is 0 Å². The van der Waals surface area contributed by atoms with Crippen molar-refractivity contribution < 1.29 is 9.18 Å². The third kappa shape index (κ3) is 4.59. The van der Waals surface area contributed by atoms with Crippen LogP contribution in [0.3, 0.4) is 0 Å². The zero-order valence-corrected chi connectivity index (χ0v) is 12.4. The minimum Gasteiger partial charge on any atom is -0.334 e. The van der Waals surface area contributed by atoms with Gasteiger partial charge in [0, 0.05) is 19.1 Å². The maximum absolute atomic E-state index is 12.9. The average Bonchev–Trinajstić information content (AvgIpc) is 2.52. The van der Waals surface area contributed by atoms with Crippen LogP contribution in [0.5, 0.6) is 0 Å². The van der Waals surface area contributed by atoms with Crippen molar-refractivity contribution in [3.8, 4) is 0 Å². The van der Waals surface area contributed by atoms with Gasteiger partial charge in [0.1, 0.15) is 5.82 Å². The number of halogens is 1. The lowest BCUT2D eigenvalue weighted by Crippen LogP contribution is -2.46. The van der Waals surface area contributed by atoms with Gasteiger partial charge in [0.05, 0.1) is 0 Å². The lowest BCUT2D eigenvalue weighted by molar-refractivity contribution is 0.164. The molecule has 0 radical (unpaired) electrons. The number of benzene rings is 1. The SMILES string of the molecule is C=CCN(C(=O)NCc1ccc(F)cc1)C1CCCCC1. The summed E-state index contributed by atoms with van der Waals surface area (Å²) in [7, 11) is 0. The molecule has 1 aliphatic rings. The number of nitrogens with one attached hydrogen (secondary N) is 1. The fourth-order valence-corrected chi connectivity index (χ4v) is 2.81. The topological polar surface area (TPSA) is 32.3 Å². The Bertz CT molecular complexity index is 466. The monoisotopic (exact) mass is 290 g/mol. The van der Waals surface area contributed by atoms with E-state index >= 15 is 0 Å². The first-order valence-electron chi connectivity index (χ1n) is 7.60. The minimum atomic E-state index is -0.263. The van der Waals surface area contributed by atoms with E-state index in [9.17, 15) is 9.18 Å². The van der Waals surface area contributed by atoms with Gasteiger partial charge in [-0.05, 0) is 30.5 Å². The van der Waals surface area contributed by atoms with Crippen molar-refractivity contribution in [3.63, 3.8) is 0 Å². The molecule has 4 heteroatoms. The molecule has 2 rings (SSSR count). The Morgan fingerprint density at radius 2 is 1.95 bits per heavy atom. The van der Waals surface area contributed by atoms with Crippen LogP contribution in [0.15, 0.2) is 36.9 Å². The highest BCUT2D eigenvalue weighted by Crippen LogP contribution is 2.22. The smallest absolute Gasteiger partial charge is 0.318 e. The van der Waals surface area contributed by atoms with Gasteiger partial charge >= 0.3 is 6.03 Å². The highest BCUT2D eigenvalue weighted by atomic mass is 19.1. The van der Waals surface area contributed by atoms with Crippen molar-refractivity contribution in [1.29, 1.82) is 0 Å². The highest BCUT2D eigenvalue weighted by Gasteiger charge is 2.24. The second-order valence-electron chi connectivity index (χ2n) is 5.52. The van der Waals surface area contributed by atoms with Gasteiger partial charge in [-0.1, -0.05) is 37.5 Å². The molecule has 0 saturated heterocycles. The summed E-state index contributed by atoms with van der Waals surface area (Å²) in [4.78, 5) is 14.2. The second-order valence-corrected chi connectivity index (χ2v) is 5.52. The molecule has 1 aliphatic carbocycles. The first-order valence-corrected chi connectivity index (χ1v) is 7.60. The zero-order chi connectivity index (χ0) is 15.1. The number of hydrogen-bond donors (Lipinski definition) is 1. The first kappa shape index (κ1) is 15.5. The maximum atomic E-state index is 12.9. The van der Waals surface area contributed by atoms with Crippen LogP contribution >= 0.6 is 0 Å². The summed E-state index contributed by atoms with van der Waals surface area (Å²) in [5, 5.41) is 2.92. The second kappa shape index (κ2) is 7.81. The number of urea groups is 1. The van der Waals surface area contributed by atoms with Gasteiger partial charge in [-0.15, -0.1) is 6.58 Å². The van der Waals surface area contributed by atoms with E-state index in [1.165, 1.54) is 31.4 Å². The van der Waals surface area contributed by atoms with Crippen molar-refractivity contribution in [2.45, 2.75) is 44.7 Å². The van der Waals surface area contributed by atoms with Gasteiger partial charge in [0.15, 0.2) is 0 Å². The number of rotatable bonds is 5. The van der Waals surface area contributed by atoms with E-state index in [0.717, 1.165) is 18.4 Å². The van der Waals surface area contributed by atoms with Crippen molar-refractivity contribution in [2.75, 3.05) is 6.54 Å². The van der Waals surface area contributed by atoms with Crippen molar-refractivity contribution in [3.05, 3.63) is 48.3 Å². The molecule has 1 aromatic carbocycles. The molecule has 1 saturated carbocycles. The Morgan fingerprint density at radius 3 is 2.57 bits per heavy atom. The zero-order valence-electron chi connectivity index (χ0n) is 12.4. The molecular formula is C17H23FN2O. The summed E-state index contributed by atoms with van der Waals surface area (Å²) in [5.74, 6) is -0.263. The predicted octanol–water partition coefficient (Wildman–Crippen LogP) is 3.86. The summed E-state index contributed by atoms with van der Waals surface area (Å²) < 4.78 is 12.9. The molecule has 0 atom stereocenters. The molecule has 0 aromatic heterocycles. The van der Waals surface area contributed by atoms with E-state index < -0.39 is 0 Å². The lowest BCUT2D eigenvalue weighted by atomic mass is 9.94. The molecule has 1 fully saturated rings. The van der Waals surface area contributed by atoms with Crippen molar-refractivity contribution >= 4 is 6.03 Å². The Morgan fingerprint density at radius 1 is 1.29 bits per heavy atom. The Kier molecular flexibility index (Phi) is 5.78. The molecule has 0 aliphatic heterocycles. The van der Waals surface area contributed by atoms with Gasteiger partial charge < -0.3 is 10.2 Å². The standard InChI is InChI=1S/C17H23FN2O/c1-2-12-20(16-6-4-3-5-7-16)17(21)19-13-14-8-10-15(18)11-9-14/h2,8-11,16H,1,3-7,12-13H2,(H,19,21). The van der Waals surface area contributed by atoms with E-state index in [1.807, 2.05) is 4.90 Å². The molecular weight excluding hydrogens is 267 g/mol. The average molecular weight is 290 g/mol. The predicted molar refractivity (Wildman–Crippen MR) is 82.4 cm³/mol. The molecule has 0 unspecified atom stereocenters. The molecule has 0 spiro atoms. The van der Waals surface area contributed by atoms with Crippen molar-refractivity contribution in [2.24, 2.45) is 0 Å². The van der Waals surface area contributed by atoms with Crippen LogP contribution < -0.4 is 5.32 Å². The van der Waals surface area contributed by atoms with E-state index in [1.54, 1.807) is 18.2 Å². The third-order valence-corrected chi connectivity index (χ3v) is 3.96. The van der Waals surface area contributed by atoms with E-state index in [-0.39, 0.29) is 11.8 Å². The number of hydrogen-bond acceptors (Lipinski definition) is 1. The summed E-state index contributed by atoms with van der Waals surface area (Å²) in [5.41, 5.74) is 0.895. The van der Waals surface area contributed by atoms with Crippen LogP contribution in [0, 0.1) is 5.82 Å². The maximum Gasteiger partial charge on any atom is 0.318 e. The fourth-order valence-electron chi connectivity index (χ4n) is 2.81. The third-order valence-electron chi connectivity index (χ3n) is 3.96. The number of carbonyl (C=O) groups excluding carboxylic acids is 1. The summed E-state index contributed by atoms with van der Waals surface area (Å²) in [6.45, 7) is 4.73. The Labute approximate surface area is 125 Å². The summed E-state index contributed by atoms with van der Waals surface area (Å²) >= 11 is 0. The molecule has 1 aromatic rings. The van der Waals surface area contributed by atoms with Crippen LogP contribution in [0.1, 0.15) is 37.7 Å². The number of carbonyl (C=O) groups is 1. The van der Waals surface area contributed by atoms with Crippen LogP contribution in [0.2, 0.25) is 0 Å². The van der Waals surface area contributed by atoms with E-state index in [2.05, 4.69) is 11.9 Å². The first-order chi connectivity index (χ1) is 10.2. The molecule has 0 bridgehead atoms. The summed E-state index contributed by atoms with van der Waals surface area (Å²) in [6, 6.07) is 6.44. The fraction of sp³-hybridized carbons (Fsp3) is 0.471. The molecule has 21 heavy (non-hydrogen) atoms. The minimum absolute atomic E-state index is 0.0638. The summed E-state index contributed by atoms with van der Waals surface area (Å²) in [6.07, 6.45) is 7.53. The van der Waals surface area contributed by atoms with Crippen LogP contribution in [0.25, 0.3) is 0 Å². The van der Waals surface area contributed by atoms with Gasteiger partial charge in [-0.3, -0.25) is 0 Å². The van der Waals surface area contributed by atoms with E-state index in [4.69, 9.17) is 0 Å². The molecule has 3 nitrogen and oxygen atoms in total. The van der Waals surface area contributed by atoms with Crippen molar-refractivity contribution in [1.82, 2.24) is 10.2 Å². The van der Waals surface area contributed by atoms with Crippen LogP contribution in [-0.2, 0) is 6.54 Å². The molecule has 0 heterocycles. The molecule has 2 amide bonds. The lowest BCUT2D eigenvalue weighted by Gasteiger charge is -2.33. The highest BCUT2D eigenvalue weighted by molar-refractivity contribution is 5.74. The molecule has 114 valence electrons. The number of nitrogens with zero attached hydrogens (tertiary/aromatic N) is 1. The number of amides is 2. The van der Waals surface area contributed by atoms with Crippen LogP contribution in [-0.4, -0.2) is 23.5 Å². The van der Waals surface area contributed by atoms with Gasteiger partial charge in [-0.25, -0.2) is 9.18 Å². The normalized spacial score (nSPS) is 15.5. The van der Waals surface area contributed by atoms with Gasteiger partial charge in [0.25, 0.3) is 0 Å². The van der Waals surface area contributed by atoms with E-state index in [0.29, 0.717) is 19.1 Å². The molecule has 1 N–H and O–H groups in total. The Balaban J connectivity index is 1.91. The largest absolute Gasteiger partial charge is 0.334 e. The Hall–Kier alpha value is -1.84. The van der Waals surface area contributed by atoms with Crippen LogP contribution in [0.4, 0.5) is 9.18 Å². The van der Waals surface area contributed by atoms with Gasteiger partial charge in [0.2, 0.25) is 0 Å². The quantitative estimate of drug-likeness (QED) is 0.821.